The van der Waals surface area contributed by atoms with Gasteiger partial charge in [0, 0.05) is 26.8 Å². The highest BCUT2D eigenvalue weighted by molar-refractivity contribution is 5.42. The molecule has 16 heavy (non-hydrogen) atoms. The number of nitrogens with zero attached hydrogens (tertiary/aromatic N) is 3. The molecule has 0 aromatic carbocycles. The Bertz CT molecular complexity index is 534. The monoisotopic (exact) mass is 221 g/mol. The second-order valence-corrected chi connectivity index (χ2v) is 3.51. The largest absolute Gasteiger partial charge is 0.358 e. The first-order chi connectivity index (χ1) is 7.52. The van der Waals surface area contributed by atoms with Gasteiger partial charge < -0.3 is 4.90 Å². The summed E-state index contributed by atoms with van der Waals surface area (Å²) < 4.78 is 2.57. The van der Waals surface area contributed by atoms with Crippen LogP contribution in [0.4, 0.5) is 5.69 Å². The normalized spacial score (nSPS) is 9.88. The summed E-state index contributed by atoms with van der Waals surface area (Å²) >= 11 is 0. The highest BCUT2D eigenvalue weighted by Gasteiger charge is 2.10. The van der Waals surface area contributed by atoms with Gasteiger partial charge in [0.15, 0.2) is 0 Å². The smallest absolute Gasteiger partial charge is 0.330 e. The standard InChI is InChI=1S/C11H15N3O2/c1-5-7-12(3)9-8-14(6-2)11(16)13(4)10(9)15/h1,8H,6-7H2,2-4H3. The second-order valence-electron chi connectivity index (χ2n) is 3.51. The van der Waals surface area contributed by atoms with Crippen molar-refractivity contribution < 1.29 is 0 Å². The molecule has 1 rings (SSSR count). The van der Waals surface area contributed by atoms with Crippen LogP contribution >= 0.6 is 0 Å². The lowest BCUT2D eigenvalue weighted by molar-refractivity contribution is 0.627. The number of hydrogen-bond donors (Lipinski definition) is 0. The summed E-state index contributed by atoms with van der Waals surface area (Å²) in [7, 11) is 3.19. The SMILES string of the molecule is C#CCN(C)c1cn(CC)c(=O)n(C)c1=O. The third-order valence-electron chi connectivity index (χ3n) is 2.41. The number of aromatic nitrogens is 2. The van der Waals surface area contributed by atoms with Crippen molar-refractivity contribution >= 4 is 5.69 Å². The molecule has 0 saturated carbocycles. The van der Waals surface area contributed by atoms with Gasteiger partial charge in [-0.2, -0.15) is 0 Å². The Morgan fingerprint density at radius 2 is 2.12 bits per heavy atom. The van der Waals surface area contributed by atoms with E-state index in [0.717, 1.165) is 4.57 Å². The molecular weight excluding hydrogens is 206 g/mol. The van der Waals surface area contributed by atoms with Crippen LogP contribution in [0.15, 0.2) is 15.8 Å². The van der Waals surface area contributed by atoms with Crippen LogP contribution in [0.1, 0.15) is 6.92 Å². The quantitative estimate of drug-likeness (QED) is 0.655. The van der Waals surface area contributed by atoms with Crippen molar-refractivity contribution in [1.29, 1.82) is 0 Å². The van der Waals surface area contributed by atoms with Crippen LogP contribution in [0, 0.1) is 12.3 Å². The van der Waals surface area contributed by atoms with Crippen molar-refractivity contribution in [1.82, 2.24) is 9.13 Å². The molecule has 0 amide bonds. The van der Waals surface area contributed by atoms with Gasteiger partial charge in [0.05, 0.1) is 6.54 Å². The van der Waals surface area contributed by atoms with Gasteiger partial charge in [-0.05, 0) is 6.92 Å². The molecule has 0 spiro atoms. The Balaban J connectivity index is 3.43. The Morgan fingerprint density at radius 1 is 1.50 bits per heavy atom. The van der Waals surface area contributed by atoms with Gasteiger partial charge in [-0.3, -0.25) is 13.9 Å². The van der Waals surface area contributed by atoms with E-state index >= 15 is 0 Å². The zero-order chi connectivity index (χ0) is 12.3. The zero-order valence-corrected chi connectivity index (χ0v) is 9.73. The Morgan fingerprint density at radius 3 is 2.62 bits per heavy atom. The number of terminal acetylenes is 1. The second kappa shape index (κ2) is 4.71. The molecule has 5 nitrogen and oxygen atoms in total. The van der Waals surface area contributed by atoms with Gasteiger partial charge in [-0.1, -0.05) is 5.92 Å². The summed E-state index contributed by atoms with van der Waals surface area (Å²) in [6.45, 7) is 2.69. The first-order valence-electron chi connectivity index (χ1n) is 4.98. The van der Waals surface area contributed by atoms with E-state index in [-0.39, 0.29) is 11.2 Å². The van der Waals surface area contributed by atoms with Crippen LogP contribution < -0.4 is 16.1 Å². The first-order valence-corrected chi connectivity index (χ1v) is 4.98. The van der Waals surface area contributed by atoms with Crippen molar-refractivity contribution in [3.05, 3.63) is 27.0 Å². The first kappa shape index (κ1) is 12.1. The summed E-state index contributed by atoms with van der Waals surface area (Å²) in [6.07, 6.45) is 6.73. The van der Waals surface area contributed by atoms with Crippen molar-refractivity contribution in [2.75, 3.05) is 18.5 Å². The predicted octanol–water partition coefficient (Wildman–Crippen LogP) is -0.364. The van der Waals surface area contributed by atoms with Crippen molar-refractivity contribution in [3.63, 3.8) is 0 Å². The van der Waals surface area contributed by atoms with E-state index in [1.807, 2.05) is 6.92 Å². The average molecular weight is 221 g/mol. The van der Waals surface area contributed by atoms with Crippen LogP contribution in [0.25, 0.3) is 0 Å². The molecule has 1 aromatic heterocycles. The van der Waals surface area contributed by atoms with E-state index in [1.54, 1.807) is 18.1 Å². The molecule has 0 atom stereocenters. The van der Waals surface area contributed by atoms with E-state index in [2.05, 4.69) is 5.92 Å². The maximum Gasteiger partial charge on any atom is 0.330 e. The van der Waals surface area contributed by atoms with Crippen LogP contribution in [-0.2, 0) is 13.6 Å². The van der Waals surface area contributed by atoms with Crippen molar-refractivity contribution in [2.45, 2.75) is 13.5 Å². The maximum absolute atomic E-state index is 11.8. The summed E-state index contributed by atoms with van der Waals surface area (Å²) in [6, 6.07) is 0. The Labute approximate surface area is 93.9 Å². The summed E-state index contributed by atoms with van der Waals surface area (Å²) in [5.41, 5.74) is -0.209. The van der Waals surface area contributed by atoms with Gasteiger partial charge in [-0.15, -0.1) is 6.42 Å². The summed E-state index contributed by atoms with van der Waals surface area (Å²) in [5, 5.41) is 0. The van der Waals surface area contributed by atoms with E-state index in [1.165, 1.54) is 11.6 Å². The fourth-order valence-corrected chi connectivity index (χ4v) is 1.42. The Hall–Kier alpha value is -1.96. The van der Waals surface area contributed by atoms with Crippen molar-refractivity contribution in [2.24, 2.45) is 7.05 Å². The fourth-order valence-electron chi connectivity index (χ4n) is 1.42. The fraction of sp³-hybridized carbons (Fsp3) is 0.455. The lowest BCUT2D eigenvalue weighted by Crippen LogP contribution is -2.40. The van der Waals surface area contributed by atoms with Gasteiger partial charge in [0.2, 0.25) is 0 Å². The molecular formula is C11H15N3O2. The van der Waals surface area contributed by atoms with Crippen LogP contribution in [0.2, 0.25) is 0 Å². The van der Waals surface area contributed by atoms with E-state index < -0.39 is 0 Å². The molecule has 0 N–H and O–H groups in total. The lowest BCUT2D eigenvalue weighted by Gasteiger charge is -2.17. The van der Waals surface area contributed by atoms with Gasteiger partial charge >= 0.3 is 5.69 Å². The van der Waals surface area contributed by atoms with E-state index in [4.69, 9.17) is 6.42 Å². The molecule has 0 unspecified atom stereocenters. The van der Waals surface area contributed by atoms with Gasteiger partial charge in [0.1, 0.15) is 5.69 Å². The molecule has 0 aliphatic carbocycles. The van der Waals surface area contributed by atoms with Crippen LogP contribution in [0.5, 0.6) is 0 Å². The molecule has 5 heteroatoms. The third kappa shape index (κ3) is 2.01. The molecule has 0 bridgehead atoms. The van der Waals surface area contributed by atoms with Gasteiger partial charge in [-0.25, -0.2) is 4.79 Å². The Kier molecular flexibility index (Phi) is 3.56. The highest BCUT2D eigenvalue weighted by atomic mass is 16.2. The molecule has 0 saturated heterocycles. The minimum absolute atomic E-state index is 0.314. The molecule has 0 fully saturated rings. The summed E-state index contributed by atoms with van der Waals surface area (Å²) in [5.74, 6) is 2.46. The summed E-state index contributed by atoms with van der Waals surface area (Å²) in [4.78, 5) is 25.1. The number of hydrogen-bond acceptors (Lipinski definition) is 3. The highest BCUT2D eigenvalue weighted by Crippen LogP contribution is 2.02. The molecule has 1 heterocycles. The predicted molar refractivity (Wildman–Crippen MR) is 63.7 cm³/mol. The van der Waals surface area contributed by atoms with Crippen LogP contribution in [0.3, 0.4) is 0 Å². The van der Waals surface area contributed by atoms with Crippen molar-refractivity contribution in [3.8, 4) is 12.3 Å². The molecule has 0 aliphatic heterocycles. The minimum atomic E-state index is -0.326. The number of anilines is 1. The molecule has 86 valence electrons. The number of aryl methyl sites for hydroxylation is 1. The lowest BCUT2D eigenvalue weighted by atomic mass is 10.4. The van der Waals surface area contributed by atoms with Crippen LogP contribution in [-0.4, -0.2) is 22.7 Å². The maximum atomic E-state index is 11.8. The average Bonchev–Trinajstić information content (AvgIpc) is 2.27. The molecule has 0 aliphatic rings. The van der Waals surface area contributed by atoms with E-state index in [0.29, 0.717) is 18.8 Å². The van der Waals surface area contributed by atoms with E-state index in [9.17, 15) is 9.59 Å². The molecule has 0 radical (unpaired) electrons. The third-order valence-corrected chi connectivity index (χ3v) is 2.41. The zero-order valence-electron chi connectivity index (χ0n) is 9.73. The topological polar surface area (TPSA) is 47.2 Å². The molecule has 1 aromatic rings. The minimum Gasteiger partial charge on any atom is -0.358 e. The number of rotatable bonds is 3. The van der Waals surface area contributed by atoms with Gasteiger partial charge in [0.25, 0.3) is 5.56 Å².